The fourth-order valence-corrected chi connectivity index (χ4v) is 5.18. The molecule has 6 rings (SSSR count). The molecule has 0 saturated heterocycles. The molecule has 2 aliphatic carbocycles. The van der Waals surface area contributed by atoms with Crippen molar-refractivity contribution in [3.05, 3.63) is 146 Å². The van der Waals surface area contributed by atoms with Gasteiger partial charge >= 0.3 is 33.7 Å². The molecule has 4 heteroatoms. The Morgan fingerprint density at radius 3 is 1.20 bits per heavy atom. The van der Waals surface area contributed by atoms with Crippen LogP contribution >= 0.6 is 24.8 Å². The van der Waals surface area contributed by atoms with Crippen molar-refractivity contribution in [1.29, 1.82) is 0 Å². The Bertz CT molecular complexity index is 1400. The average molecular weight is 705 g/mol. The van der Waals surface area contributed by atoms with Crippen LogP contribution in [0.15, 0.2) is 108 Å². The molecule has 0 fully saturated rings. The summed E-state index contributed by atoms with van der Waals surface area (Å²) >= 11 is 3.64. The summed E-state index contributed by atoms with van der Waals surface area (Å²) in [6, 6.07) is 30.1. The molecule has 0 spiro atoms. The molecule has 40 heavy (non-hydrogen) atoms. The summed E-state index contributed by atoms with van der Waals surface area (Å²) in [6.07, 6.45) is 11.5. The monoisotopic (exact) mass is 704 g/mol. The molecule has 0 aromatic heterocycles. The van der Waals surface area contributed by atoms with Crippen molar-refractivity contribution in [3.8, 4) is 0 Å². The van der Waals surface area contributed by atoms with E-state index in [4.69, 9.17) is 0 Å². The van der Waals surface area contributed by atoms with Crippen LogP contribution in [-0.2, 0) is 21.6 Å². The SMILES string of the molecule is CC1=[C-]C(C)C=C1c1cccc2ccccc12.CC1=[C-]C(C)C=C1c1cccc2ccccc12.Cl.Cl.[CH3-].[CH3-].[Ge]=[Zr]. The molecule has 0 bridgehead atoms. The molecule has 0 N–H and O–H groups in total. The van der Waals surface area contributed by atoms with Crippen LogP contribution in [0.4, 0.5) is 0 Å². The maximum absolute atomic E-state index is 3.45. The molecule has 0 saturated carbocycles. The Balaban J connectivity index is 0.000000655. The first kappa shape index (κ1) is 38.4. The summed E-state index contributed by atoms with van der Waals surface area (Å²) in [4.78, 5) is 0. The summed E-state index contributed by atoms with van der Waals surface area (Å²) in [5.74, 6) is 0.868. The van der Waals surface area contributed by atoms with Crippen molar-refractivity contribution in [2.75, 3.05) is 0 Å². The van der Waals surface area contributed by atoms with Crippen molar-refractivity contribution >= 4 is 69.6 Å². The molecule has 2 radical (unpaired) electrons. The standard InChI is InChI=1S/2C17H15.2CH3.2ClH.Ge.Zr/c2*1-12-10-13(2)17(11-12)16-9-5-7-14-6-3-4-8-15(14)16;;;;;;/h2*3-9,11-12H,1-2H3;2*1H3;2*1H;;/q4*-1;;;;. The van der Waals surface area contributed by atoms with E-state index in [1.165, 1.54) is 55.0 Å². The molecule has 0 heterocycles. The molecule has 0 nitrogen and oxygen atoms in total. The van der Waals surface area contributed by atoms with Gasteiger partial charge < -0.3 is 14.9 Å². The van der Waals surface area contributed by atoms with E-state index < -0.39 is 0 Å². The first-order chi connectivity index (χ1) is 17.5. The average Bonchev–Trinajstić information content (AvgIpc) is 3.43. The molecule has 0 amide bonds. The zero-order valence-corrected chi connectivity index (χ0v) is 30.4. The van der Waals surface area contributed by atoms with Crippen LogP contribution in [0.1, 0.15) is 38.8 Å². The predicted molar refractivity (Wildman–Crippen MR) is 180 cm³/mol. The number of hydrogen-bond acceptors (Lipinski definition) is 0. The molecule has 0 aliphatic heterocycles. The van der Waals surface area contributed by atoms with E-state index in [9.17, 15) is 0 Å². The van der Waals surface area contributed by atoms with E-state index in [1.807, 2.05) is 0 Å². The van der Waals surface area contributed by atoms with Gasteiger partial charge in [-0.2, -0.15) is 23.3 Å². The Kier molecular flexibility index (Phi) is 17.3. The van der Waals surface area contributed by atoms with E-state index in [0.717, 1.165) is 0 Å². The first-order valence-corrected chi connectivity index (χ1v) is 19.8. The van der Waals surface area contributed by atoms with Crippen molar-refractivity contribution < 1.29 is 21.6 Å². The summed E-state index contributed by atoms with van der Waals surface area (Å²) in [6.45, 7) is 8.66. The van der Waals surface area contributed by atoms with Crippen LogP contribution in [0.25, 0.3) is 32.7 Å². The number of fused-ring (bicyclic) bond motifs is 2. The fraction of sp³-hybridized carbons (Fsp3) is 0.167. The van der Waals surface area contributed by atoms with Gasteiger partial charge in [-0.15, -0.1) is 24.8 Å². The molecule has 2 aliphatic rings. The van der Waals surface area contributed by atoms with Crippen LogP contribution in [0, 0.1) is 38.8 Å². The van der Waals surface area contributed by atoms with Crippen LogP contribution in [0.3, 0.4) is 0 Å². The van der Waals surface area contributed by atoms with E-state index in [-0.39, 0.29) is 39.7 Å². The second kappa shape index (κ2) is 18.0. The molecule has 2 atom stereocenters. The maximum atomic E-state index is 3.45. The van der Waals surface area contributed by atoms with Gasteiger partial charge in [0.05, 0.1) is 0 Å². The number of rotatable bonds is 2. The zero-order valence-electron chi connectivity index (χ0n) is 24.2. The van der Waals surface area contributed by atoms with E-state index >= 15 is 0 Å². The van der Waals surface area contributed by atoms with Gasteiger partial charge in [-0.25, -0.2) is 11.1 Å². The molecular formula is C36H38Cl2GeZr-4. The van der Waals surface area contributed by atoms with Gasteiger partial charge in [-0.3, -0.25) is 12.2 Å². The second-order valence-electron chi connectivity index (χ2n) is 9.33. The van der Waals surface area contributed by atoms with Crippen LogP contribution < -0.4 is 0 Å². The van der Waals surface area contributed by atoms with Crippen molar-refractivity contribution in [2.45, 2.75) is 27.7 Å². The van der Waals surface area contributed by atoms with Gasteiger partial charge in [0.15, 0.2) is 0 Å². The molecular weight excluding hydrogens is 667 g/mol. The third-order valence-corrected chi connectivity index (χ3v) is 6.69. The Labute approximate surface area is 275 Å². The molecule has 4 aromatic rings. The number of allylic oxidation sites excluding steroid dienone is 8. The summed E-state index contributed by atoms with van der Waals surface area (Å²) in [5.41, 5.74) is 7.89. The minimum absolute atomic E-state index is 0. The third-order valence-electron chi connectivity index (χ3n) is 6.69. The van der Waals surface area contributed by atoms with Crippen molar-refractivity contribution in [1.82, 2.24) is 0 Å². The predicted octanol–water partition coefficient (Wildman–Crippen LogP) is 10.6. The van der Waals surface area contributed by atoms with Crippen molar-refractivity contribution in [3.63, 3.8) is 0 Å². The Morgan fingerprint density at radius 1 is 0.550 bits per heavy atom. The van der Waals surface area contributed by atoms with E-state index in [2.05, 4.69) is 149 Å². The summed E-state index contributed by atoms with van der Waals surface area (Å²) < 4.78 is 0. The molecule has 2 unspecified atom stereocenters. The van der Waals surface area contributed by atoms with Crippen LogP contribution in [0.2, 0.25) is 0 Å². The number of hydrogen-bond donors (Lipinski definition) is 0. The van der Waals surface area contributed by atoms with Gasteiger partial charge in [0, 0.05) is 0 Å². The third kappa shape index (κ3) is 8.69. The summed E-state index contributed by atoms with van der Waals surface area (Å²) in [7, 11) is 0. The molecule has 4 aromatic carbocycles. The summed E-state index contributed by atoms with van der Waals surface area (Å²) in [5, 5.41) is 5.27. The van der Waals surface area contributed by atoms with Gasteiger partial charge in [-0.05, 0) is 21.5 Å². The van der Waals surface area contributed by atoms with Gasteiger partial charge in [-0.1, -0.05) is 136 Å². The first-order valence-electron chi connectivity index (χ1n) is 12.4. The van der Waals surface area contributed by atoms with Gasteiger partial charge in [0.25, 0.3) is 0 Å². The number of benzene rings is 4. The quantitative estimate of drug-likeness (QED) is 0.144. The second-order valence-corrected chi connectivity index (χ2v) is 9.33. The number of halogens is 2. The van der Waals surface area contributed by atoms with E-state index in [0.29, 0.717) is 11.8 Å². The fourth-order valence-electron chi connectivity index (χ4n) is 5.18. The topological polar surface area (TPSA) is 0 Å². The van der Waals surface area contributed by atoms with Crippen LogP contribution in [0.5, 0.6) is 0 Å². The zero-order chi connectivity index (χ0) is 25.7. The normalized spacial score (nSPS) is 16.5. The Morgan fingerprint density at radius 2 is 0.875 bits per heavy atom. The van der Waals surface area contributed by atoms with E-state index in [1.54, 1.807) is 21.6 Å². The van der Waals surface area contributed by atoms with Crippen LogP contribution in [-0.4, -0.2) is 12.1 Å². The van der Waals surface area contributed by atoms with Gasteiger partial charge in [0.1, 0.15) is 0 Å². The molecule has 208 valence electrons. The van der Waals surface area contributed by atoms with Crippen molar-refractivity contribution in [2.24, 2.45) is 11.8 Å². The Hall–Kier alpha value is -1.63. The van der Waals surface area contributed by atoms with Gasteiger partial charge in [0.2, 0.25) is 0 Å². The minimum atomic E-state index is 0.